The van der Waals surface area contributed by atoms with Crippen molar-refractivity contribution in [2.45, 2.75) is 67.9 Å². The van der Waals surface area contributed by atoms with Crippen molar-refractivity contribution in [2.75, 3.05) is 13.1 Å². The fourth-order valence-corrected chi connectivity index (χ4v) is 6.17. The second-order valence-corrected chi connectivity index (χ2v) is 12.0. The van der Waals surface area contributed by atoms with Crippen molar-refractivity contribution in [3.8, 4) is 0 Å². The Morgan fingerprint density at radius 1 is 1.00 bits per heavy atom. The topological polar surface area (TPSA) is 107 Å². The molecular weight excluding hydrogens is 490 g/mol. The third-order valence-electron chi connectivity index (χ3n) is 7.36. The molecule has 2 aromatic carbocycles. The molecule has 4 amide bonds. The number of hydrogen-bond acceptors (Lipinski definition) is 7. The average molecular weight is 522 g/mol. The Balaban J connectivity index is 1.25. The highest BCUT2D eigenvalue weighted by Crippen LogP contribution is 2.37. The number of likely N-dealkylation sites (tertiary alicyclic amines) is 1. The van der Waals surface area contributed by atoms with E-state index in [2.05, 4.69) is 48.3 Å². The Morgan fingerprint density at radius 3 is 2.32 bits per heavy atom. The minimum atomic E-state index is -1.10. The van der Waals surface area contributed by atoms with Gasteiger partial charge < -0.3 is 5.11 Å². The first-order valence-corrected chi connectivity index (χ1v) is 13.6. The Labute approximate surface area is 220 Å². The summed E-state index contributed by atoms with van der Waals surface area (Å²) in [7, 11) is 0. The molecule has 0 saturated carbocycles. The first-order chi connectivity index (χ1) is 17.6. The van der Waals surface area contributed by atoms with Crippen LogP contribution in [0.1, 0.15) is 71.4 Å². The number of benzene rings is 2. The zero-order chi connectivity index (χ0) is 26.3. The van der Waals surface area contributed by atoms with Crippen molar-refractivity contribution in [3.63, 3.8) is 0 Å². The molecule has 2 aromatic rings. The van der Waals surface area contributed by atoms with Gasteiger partial charge in [-0.05, 0) is 54.7 Å². The molecule has 0 aromatic heterocycles. The van der Waals surface area contributed by atoms with Crippen LogP contribution in [0, 0.1) is 0 Å². The van der Waals surface area contributed by atoms with E-state index in [0.29, 0.717) is 36.7 Å². The molecule has 1 atom stereocenters. The monoisotopic (exact) mass is 521 g/mol. The lowest BCUT2D eigenvalue weighted by molar-refractivity contribution is -0.136. The average Bonchev–Trinajstić information content (AvgIpc) is 3.11. The van der Waals surface area contributed by atoms with Gasteiger partial charge >= 0.3 is 0 Å². The van der Waals surface area contributed by atoms with Crippen molar-refractivity contribution >= 4 is 35.4 Å². The predicted molar refractivity (Wildman–Crippen MR) is 139 cm³/mol. The molecule has 37 heavy (non-hydrogen) atoms. The van der Waals surface area contributed by atoms with E-state index in [1.807, 2.05) is 11.8 Å². The second-order valence-electron chi connectivity index (χ2n) is 10.3. The van der Waals surface area contributed by atoms with Crippen LogP contribution in [-0.2, 0) is 21.7 Å². The fourth-order valence-electron chi connectivity index (χ4n) is 5.33. The molecule has 3 heterocycles. The first-order valence-electron chi connectivity index (χ1n) is 12.7. The molecule has 9 heteroatoms. The molecule has 5 rings (SSSR count). The molecule has 0 bridgehead atoms. The number of hydrogen-bond donors (Lipinski definition) is 2. The highest BCUT2D eigenvalue weighted by molar-refractivity contribution is 7.99. The van der Waals surface area contributed by atoms with Gasteiger partial charge in [0.2, 0.25) is 11.8 Å². The van der Waals surface area contributed by atoms with Crippen LogP contribution in [0.2, 0.25) is 0 Å². The van der Waals surface area contributed by atoms with E-state index in [1.165, 1.54) is 10.5 Å². The van der Waals surface area contributed by atoms with Gasteiger partial charge in [0.15, 0.2) is 0 Å². The van der Waals surface area contributed by atoms with Crippen LogP contribution in [0.15, 0.2) is 47.4 Å². The molecular formula is C28H31N3O5S. The SMILES string of the molecule is CC(C)Sc1ccc(CN2CCC(O)(c3ccc4c(c3)C(=O)N(C3CCC(=O)NC3=O)C4=O)CC2)cc1. The molecule has 1 unspecified atom stereocenters. The Morgan fingerprint density at radius 2 is 1.68 bits per heavy atom. The van der Waals surface area contributed by atoms with Crippen LogP contribution in [0.4, 0.5) is 0 Å². The van der Waals surface area contributed by atoms with Gasteiger partial charge in [0, 0.05) is 36.2 Å². The first kappa shape index (κ1) is 25.6. The molecule has 3 aliphatic rings. The molecule has 2 fully saturated rings. The number of aliphatic hydroxyl groups is 1. The number of nitrogens with zero attached hydrogens (tertiary/aromatic N) is 2. The van der Waals surface area contributed by atoms with Gasteiger partial charge in [0.1, 0.15) is 6.04 Å². The number of piperidine rings is 2. The molecule has 0 spiro atoms. The Bertz CT molecular complexity index is 1250. The van der Waals surface area contributed by atoms with E-state index in [0.717, 1.165) is 11.4 Å². The highest BCUT2D eigenvalue weighted by atomic mass is 32.2. The van der Waals surface area contributed by atoms with E-state index in [1.54, 1.807) is 18.2 Å². The smallest absolute Gasteiger partial charge is 0.262 e. The minimum Gasteiger partial charge on any atom is -0.385 e. The van der Waals surface area contributed by atoms with E-state index in [-0.39, 0.29) is 24.0 Å². The van der Waals surface area contributed by atoms with Gasteiger partial charge in [-0.1, -0.05) is 32.0 Å². The number of carbonyl (C=O) groups excluding carboxylic acids is 4. The van der Waals surface area contributed by atoms with Gasteiger partial charge in [-0.3, -0.25) is 34.3 Å². The zero-order valence-electron chi connectivity index (χ0n) is 21.0. The predicted octanol–water partition coefficient (Wildman–Crippen LogP) is 3.07. The lowest BCUT2D eigenvalue weighted by atomic mass is 9.83. The van der Waals surface area contributed by atoms with E-state index in [9.17, 15) is 24.3 Å². The van der Waals surface area contributed by atoms with Gasteiger partial charge in [-0.15, -0.1) is 11.8 Å². The highest BCUT2D eigenvalue weighted by Gasteiger charge is 2.45. The normalized spacial score (nSPS) is 21.9. The molecule has 0 radical (unpaired) electrons. The fraction of sp³-hybridized carbons (Fsp3) is 0.429. The van der Waals surface area contributed by atoms with E-state index >= 15 is 0 Å². The van der Waals surface area contributed by atoms with Gasteiger partial charge in [0.25, 0.3) is 11.8 Å². The van der Waals surface area contributed by atoms with E-state index in [4.69, 9.17) is 0 Å². The third-order valence-corrected chi connectivity index (χ3v) is 8.38. The van der Waals surface area contributed by atoms with Crippen LogP contribution < -0.4 is 5.32 Å². The molecule has 194 valence electrons. The molecule has 8 nitrogen and oxygen atoms in total. The van der Waals surface area contributed by atoms with Gasteiger partial charge in [0.05, 0.1) is 16.7 Å². The minimum absolute atomic E-state index is 0.0758. The molecule has 2 N–H and O–H groups in total. The number of rotatable bonds is 6. The summed E-state index contributed by atoms with van der Waals surface area (Å²) in [6.07, 6.45) is 1.20. The van der Waals surface area contributed by atoms with Gasteiger partial charge in [-0.2, -0.15) is 0 Å². The van der Waals surface area contributed by atoms with Crippen molar-refractivity contribution < 1.29 is 24.3 Å². The summed E-state index contributed by atoms with van der Waals surface area (Å²) >= 11 is 1.84. The largest absolute Gasteiger partial charge is 0.385 e. The number of nitrogens with one attached hydrogen (secondary N) is 1. The number of imide groups is 2. The summed E-state index contributed by atoms with van der Waals surface area (Å²) in [6.45, 7) is 6.56. The van der Waals surface area contributed by atoms with Crippen LogP contribution in [0.5, 0.6) is 0 Å². The zero-order valence-corrected chi connectivity index (χ0v) is 21.8. The van der Waals surface area contributed by atoms with Crippen LogP contribution >= 0.6 is 11.8 Å². The quantitative estimate of drug-likeness (QED) is 0.444. The lowest BCUT2D eigenvalue weighted by Crippen LogP contribution is -2.54. The third kappa shape index (κ3) is 5.08. The van der Waals surface area contributed by atoms with Crippen LogP contribution in [-0.4, -0.2) is 62.9 Å². The summed E-state index contributed by atoms with van der Waals surface area (Å²) in [5.41, 5.74) is 1.15. The number of amides is 4. The summed E-state index contributed by atoms with van der Waals surface area (Å²) in [5.74, 6) is -2.14. The maximum absolute atomic E-state index is 13.2. The lowest BCUT2D eigenvalue weighted by Gasteiger charge is -2.38. The van der Waals surface area contributed by atoms with E-state index < -0.39 is 35.3 Å². The Hall–Kier alpha value is -3.01. The summed E-state index contributed by atoms with van der Waals surface area (Å²) in [4.78, 5) is 54.4. The molecule has 2 saturated heterocycles. The number of thioether (sulfide) groups is 1. The summed E-state index contributed by atoms with van der Waals surface area (Å²) < 4.78 is 0. The van der Waals surface area contributed by atoms with Crippen molar-refractivity contribution in [1.82, 2.24) is 15.1 Å². The van der Waals surface area contributed by atoms with Crippen LogP contribution in [0.25, 0.3) is 0 Å². The number of carbonyl (C=O) groups is 4. The molecule has 0 aliphatic carbocycles. The van der Waals surface area contributed by atoms with Gasteiger partial charge in [-0.25, -0.2) is 0 Å². The van der Waals surface area contributed by atoms with Crippen molar-refractivity contribution in [3.05, 3.63) is 64.7 Å². The maximum atomic E-state index is 13.2. The van der Waals surface area contributed by atoms with Crippen LogP contribution in [0.3, 0.4) is 0 Å². The summed E-state index contributed by atoms with van der Waals surface area (Å²) in [5, 5.41) is 14.2. The standard InChI is InChI=1S/C28H31N3O5S/c1-17(2)37-20-6-3-18(4-7-20)16-30-13-11-28(36,12-14-30)19-5-8-21-22(15-19)27(35)31(26(21)34)23-9-10-24(32)29-25(23)33/h3-8,15,17,23,36H,9-14,16H2,1-2H3,(H,29,32,33). The number of fused-ring (bicyclic) bond motifs is 1. The van der Waals surface area contributed by atoms with Crippen molar-refractivity contribution in [1.29, 1.82) is 0 Å². The molecule has 3 aliphatic heterocycles. The summed E-state index contributed by atoms with van der Waals surface area (Å²) in [6, 6.07) is 12.5. The second kappa shape index (κ2) is 10.0. The van der Waals surface area contributed by atoms with Crippen molar-refractivity contribution in [2.24, 2.45) is 0 Å². The maximum Gasteiger partial charge on any atom is 0.262 e. The Kier molecular flexibility index (Phi) is 6.95.